The zero-order chi connectivity index (χ0) is 17.2. The lowest BCUT2D eigenvalue weighted by Gasteiger charge is -2.17. The molecule has 0 saturated heterocycles. The van der Waals surface area contributed by atoms with Gasteiger partial charge in [0.2, 0.25) is 0 Å². The van der Waals surface area contributed by atoms with Crippen molar-refractivity contribution in [1.82, 2.24) is 20.2 Å². The van der Waals surface area contributed by atoms with Gasteiger partial charge in [-0.2, -0.15) is 0 Å². The number of aromatic nitrogens is 2. The Labute approximate surface area is 167 Å². The average molecular weight is 457 g/mol. The predicted octanol–water partition coefficient (Wildman–Crippen LogP) is 2.64. The third-order valence-electron chi connectivity index (χ3n) is 3.52. The van der Waals surface area contributed by atoms with Crippen LogP contribution in [0.25, 0.3) is 0 Å². The Morgan fingerprint density at radius 3 is 2.76 bits per heavy atom. The molecule has 1 atom stereocenters. The first kappa shape index (κ1) is 21.4. The molecule has 1 unspecified atom stereocenters. The fourth-order valence-corrected chi connectivity index (χ4v) is 2.41. The Bertz CT molecular complexity index is 629. The van der Waals surface area contributed by atoms with Gasteiger partial charge in [-0.3, -0.25) is 0 Å². The monoisotopic (exact) mass is 457 g/mol. The average Bonchev–Trinajstić information content (AvgIpc) is 3.01. The third-order valence-corrected chi connectivity index (χ3v) is 3.52. The third kappa shape index (κ3) is 7.43. The molecule has 1 heterocycles. The number of hydrogen-bond acceptors (Lipinski definition) is 3. The number of aliphatic imine (C=N–C) groups is 1. The van der Waals surface area contributed by atoms with Gasteiger partial charge in [-0.25, -0.2) is 9.98 Å². The molecule has 7 heteroatoms. The molecule has 2 N–H and O–H groups in total. The smallest absolute Gasteiger partial charge is 0.191 e. The number of rotatable bonds is 8. The molecule has 0 amide bonds. The lowest BCUT2D eigenvalue weighted by atomic mass is 10.2. The van der Waals surface area contributed by atoms with Crippen molar-refractivity contribution < 1.29 is 4.74 Å². The minimum atomic E-state index is 0. The van der Waals surface area contributed by atoms with Gasteiger partial charge in [-0.15, -0.1) is 24.0 Å². The van der Waals surface area contributed by atoms with E-state index in [9.17, 15) is 0 Å². The van der Waals surface area contributed by atoms with Crippen LogP contribution < -0.4 is 10.6 Å². The first-order chi connectivity index (χ1) is 11.7. The van der Waals surface area contributed by atoms with Crippen molar-refractivity contribution in [2.24, 2.45) is 4.99 Å². The predicted molar refractivity (Wildman–Crippen MR) is 112 cm³/mol. The Morgan fingerprint density at radius 2 is 2.08 bits per heavy atom. The minimum absolute atomic E-state index is 0. The van der Waals surface area contributed by atoms with Gasteiger partial charge in [0, 0.05) is 38.6 Å². The number of guanidine groups is 1. The summed E-state index contributed by atoms with van der Waals surface area (Å²) in [6.07, 6.45) is 3.81. The zero-order valence-electron chi connectivity index (χ0n) is 15.1. The van der Waals surface area contributed by atoms with Gasteiger partial charge in [-0.05, 0) is 19.4 Å². The molecule has 0 radical (unpaired) electrons. The molecule has 1 aromatic carbocycles. The van der Waals surface area contributed by atoms with E-state index in [1.165, 1.54) is 5.56 Å². The summed E-state index contributed by atoms with van der Waals surface area (Å²) >= 11 is 0. The van der Waals surface area contributed by atoms with Crippen LogP contribution in [0.5, 0.6) is 0 Å². The van der Waals surface area contributed by atoms with Crippen molar-refractivity contribution in [1.29, 1.82) is 0 Å². The number of imidazole rings is 1. The molecule has 0 saturated carbocycles. The summed E-state index contributed by atoms with van der Waals surface area (Å²) in [4.78, 5) is 9.07. The molecule has 0 bridgehead atoms. The number of benzene rings is 1. The van der Waals surface area contributed by atoms with Crippen LogP contribution in [0, 0.1) is 0 Å². The number of halogens is 1. The van der Waals surface area contributed by atoms with E-state index in [1.807, 2.05) is 18.5 Å². The zero-order valence-corrected chi connectivity index (χ0v) is 17.4. The van der Waals surface area contributed by atoms with Crippen LogP contribution in [0.1, 0.15) is 25.2 Å². The molecular formula is C18H28IN5O. The Balaban J connectivity index is 0.00000312. The van der Waals surface area contributed by atoms with Gasteiger partial charge in [0.15, 0.2) is 5.96 Å². The van der Waals surface area contributed by atoms with Gasteiger partial charge in [0.25, 0.3) is 0 Å². The fourth-order valence-electron chi connectivity index (χ4n) is 2.41. The van der Waals surface area contributed by atoms with Crippen LogP contribution in [-0.4, -0.2) is 41.8 Å². The number of ether oxygens (including phenoxy) is 1. The van der Waals surface area contributed by atoms with E-state index in [0.29, 0.717) is 13.2 Å². The van der Waals surface area contributed by atoms with Gasteiger partial charge in [0.05, 0.1) is 6.61 Å². The minimum Gasteiger partial charge on any atom is -0.383 e. The lowest BCUT2D eigenvalue weighted by molar-refractivity contribution is 0.179. The Hall–Kier alpha value is -1.61. The normalized spacial score (nSPS) is 12.4. The summed E-state index contributed by atoms with van der Waals surface area (Å²) < 4.78 is 7.28. The number of nitrogens with one attached hydrogen (secondary N) is 2. The molecule has 2 aromatic rings. The van der Waals surface area contributed by atoms with Gasteiger partial charge in [0.1, 0.15) is 12.4 Å². The number of nitrogens with zero attached hydrogens (tertiary/aromatic N) is 3. The summed E-state index contributed by atoms with van der Waals surface area (Å²) in [5, 5.41) is 6.58. The van der Waals surface area contributed by atoms with Crippen LogP contribution >= 0.6 is 24.0 Å². The molecule has 0 aliphatic carbocycles. The molecule has 0 spiro atoms. The molecular weight excluding hydrogens is 429 g/mol. The van der Waals surface area contributed by atoms with Gasteiger partial charge < -0.3 is 19.9 Å². The van der Waals surface area contributed by atoms with Crippen LogP contribution in [0.4, 0.5) is 0 Å². The van der Waals surface area contributed by atoms with Crippen molar-refractivity contribution in [2.75, 3.05) is 20.3 Å². The van der Waals surface area contributed by atoms with Gasteiger partial charge in [-0.1, -0.05) is 30.3 Å². The summed E-state index contributed by atoms with van der Waals surface area (Å²) in [5.41, 5.74) is 1.25. The van der Waals surface area contributed by atoms with Crippen molar-refractivity contribution >= 4 is 29.9 Å². The maximum atomic E-state index is 5.16. The molecule has 0 aliphatic heterocycles. The highest BCUT2D eigenvalue weighted by Crippen LogP contribution is 2.06. The van der Waals surface area contributed by atoms with Gasteiger partial charge >= 0.3 is 0 Å². The van der Waals surface area contributed by atoms with E-state index in [-0.39, 0.29) is 30.0 Å². The number of methoxy groups -OCH3 is 1. The summed E-state index contributed by atoms with van der Waals surface area (Å²) in [5.74, 6) is 1.71. The molecule has 1 aromatic heterocycles. The van der Waals surface area contributed by atoms with Crippen LogP contribution in [-0.2, 0) is 17.8 Å². The quantitative estimate of drug-likeness (QED) is 0.364. The van der Waals surface area contributed by atoms with Crippen LogP contribution in [0.2, 0.25) is 0 Å². The summed E-state index contributed by atoms with van der Waals surface area (Å²) in [7, 11) is 1.70. The Kier molecular flexibility index (Phi) is 10.2. The first-order valence-corrected chi connectivity index (χ1v) is 8.30. The van der Waals surface area contributed by atoms with Crippen LogP contribution in [0.15, 0.2) is 47.7 Å². The second-order valence-electron chi connectivity index (χ2n) is 5.65. The van der Waals surface area contributed by atoms with Crippen molar-refractivity contribution in [3.8, 4) is 0 Å². The standard InChI is InChI=1S/C18H27N5O.HI/c1-4-19-18(22-15(2)14-24-3)21-12-17-20-10-11-23(17)13-16-8-6-5-7-9-16;/h5-11,15H,4,12-14H2,1-3H3,(H2,19,21,22);1H. The maximum absolute atomic E-state index is 5.16. The molecule has 138 valence electrons. The maximum Gasteiger partial charge on any atom is 0.191 e. The SMILES string of the molecule is CCNC(=NCc1nccn1Cc1ccccc1)NC(C)COC.I. The van der Waals surface area contributed by atoms with E-state index >= 15 is 0 Å². The Morgan fingerprint density at radius 1 is 1.32 bits per heavy atom. The lowest BCUT2D eigenvalue weighted by Crippen LogP contribution is -2.44. The highest BCUT2D eigenvalue weighted by Gasteiger charge is 2.06. The van der Waals surface area contributed by atoms with E-state index in [1.54, 1.807) is 7.11 Å². The van der Waals surface area contributed by atoms with E-state index < -0.39 is 0 Å². The highest BCUT2D eigenvalue weighted by atomic mass is 127. The number of hydrogen-bond donors (Lipinski definition) is 2. The van der Waals surface area contributed by atoms with Crippen molar-refractivity contribution in [3.05, 3.63) is 54.1 Å². The molecule has 2 rings (SSSR count). The molecule has 6 nitrogen and oxygen atoms in total. The van der Waals surface area contributed by atoms with Crippen molar-refractivity contribution in [2.45, 2.75) is 33.0 Å². The largest absolute Gasteiger partial charge is 0.383 e. The van der Waals surface area contributed by atoms with E-state index in [2.05, 4.69) is 63.3 Å². The molecule has 25 heavy (non-hydrogen) atoms. The second kappa shape index (κ2) is 11.9. The first-order valence-electron chi connectivity index (χ1n) is 8.30. The summed E-state index contributed by atoms with van der Waals surface area (Å²) in [6.45, 7) is 6.88. The topological polar surface area (TPSA) is 63.5 Å². The highest BCUT2D eigenvalue weighted by molar-refractivity contribution is 14.0. The molecule has 0 aliphatic rings. The van der Waals surface area contributed by atoms with Crippen LogP contribution in [0.3, 0.4) is 0 Å². The fraction of sp³-hybridized carbons (Fsp3) is 0.444. The van der Waals surface area contributed by atoms with E-state index in [4.69, 9.17) is 4.74 Å². The summed E-state index contributed by atoms with van der Waals surface area (Å²) in [6, 6.07) is 10.5. The molecule has 0 fully saturated rings. The van der Waals surface area contributed by atoms with E-state index in [0.717, 1.165) is 24.9 Å². The van der Waals surface area contributed by atoms with Crippen molar-refractivity contribution in [3.63, 3.8) is 0 Å². The second-order valence-corrected chi connectivity index (χ2v) is 5.65.